The molecule has 2 aromatic rings. The van der Waals surface area contributed by atoms with Gasteiger partial charge in [0.15, 0.2) is 0 Å². The van der Waals surface area contributed by atoms with E-state index in [-0.39, 0.29) is 11.9 Å². The van der Waals surface area contributed by atoms with E-state index in [9.17, 15) is 9.90 Å². The molecular formula is C14H18N4O2. The van der Waals surface area contributed by atoms with Gasteiger partial charge in [-0.2, -0.15) is 5.10 Å². The van der Waals surface area contributed by atoms with Crippen LogP contribution in [0.2, 0.25) is 0 Å². The Hall–Kier alpha value is -1.95. The van der Waals surface area contributed by atoms with Crippen molar-refractivity contribution in [1.29, 1.82) is 0 Å². The highest BCUT2D eigenvalue weighted by molar-refractivity contribution is 6.00. The SMILES string of the molecule is CN(C(=O)c1cnn2ccncc12)C1CCCCC1O. The third-order valence-corrected chi connectivity index (χ3v) is 4.07. The molecule has 0 bridgehead atoms. The lowest BCUT2D eigenvalue weighted by molar-refractivity contribution is 0.0269. The first kappa shape index (κ1) is 13.1. The second-order valence-electron chi connectivity index (χ2n) is 5.30. The molecule has 0 saturated heterocycles. The summed E-state index contributed by atoms with van der Waals surface area (Å²) in [5.74, 6) is -0.112. The Kier molecular flexibility index (Phi) is 3.40. The predicted molar refractivity (Wildman–Crippen MR) is 73.3 cm³/mol. The van der Waals surface area contributed by atoms with E-state index in [4.69, 9.17) is 0 Å². The molecule has 6 nitrogen and oxygen atoms in total. The topological polar surface area (TPSA) is 70.7 Å². The Morgan fingerprint density at radius 3 is 3.00 bits per heavy atom. The largest absolute Gasteiger partial charge is 0.391 e. The Morgan fingerprint density at radius 2 is 2.20 bits per heavy atom. The summed E-state index contributed by atoms with van der Waals surface area (Å²) in [6.07, 6.45) is 9.79. The van der Waals surface area contributed by atoms with Crippen molar-refractivity contribution in [3.63, 3.8) is 0 Å². The number of likely N-dealkylation sites (N-methyl/N-ethyl adjacent to an activating group) is 1. The first-order chi connectivity index (χ1) is 9.68. The lowest BCUT2D eigenvalue weighted by Crippen LogP contribution is -2.46. The van der Waals surface area contributed by atoms with Crippen LogP contribution in [0, 0.1) is 0 Å². The van der Waals surface area contributed by atoms with Gasteiger partial charge in [-0.15, -0.1) is 0 Å². The number of aliphatic hydroxyl groups is 1. The van der Waals surface area contributed by atoms with Crippen molar-refractivity contribution >= 4 is 11.4 Å². The number of carbonyl (C=O) groups is 1. The monoisotopic (exact) mass is 274 g/mol. The van der Waals surface area contributed by atoms with E-state index in [1.54, 1.807) is 41.3 Å². The molecule has 0 spiro atoms. The third kappa shape index (κ3) is 2.16. The summed E-state index contributed by atoms with van der Waals surface area (Å²) >= 11 is 0. The number of hydrogen-bond donors (Lipinski definition) is 1. The van der Waals surface area contributed by atoms with Crippen molar-refractivity contribution < 1.29 is 9.90 Å². The molecule has 0 aromatic carbocycles. The van der Waals surface area contributed by atoms with Crippen LogP contribution in [0.1, 0.15) is 36.0 Å². The Bertz CT molecular complexity index is 624. The van der Waals surface area contributed by atoms with Gasteiger partial charge >= 0.3 is 0 Å². The lowest BCUT2D eigenvalue weighted by Gasteiger charge is -2.35. The normalized spacial score (nSPS) is 22.9. The minimum absolute atomic E-state index is 0.108. The molecule has 0 aliphatic heterocycles. The Labute approximate surface area is 117 Å². The maximum absolute atomic E-state index is 12.6. The van der Waals surface area contributed by atoms with E-state index in [0.29, 0.717) is 11.1 Å². The van der Waals surface area contributed by atoms with Gasteiger partial charge < -0.3 is 10.0 Å². The average Bonchev–Trinajstić information content (AvgIpc) is 2.90. The highest BCUT2D eigenvalue weighted by Gasteiger charge is 2.30. The quantitative estimate of drug-likeness (QED) is 0.890. The highest BCUT2D eigenvalue weighted by atomic mass is 16.3. The van der Waals surface area contributed by atoms with Crippen molar-refractivity contribution in [1.82, 2.24) is 19.5 Å². The number of hydrogen-bond acceptors (Lipinski definition) is 4. The molecule has 2 aromatic heterocycles. The fourth-order valence-corrected chi connectivity index (χ4v) is 2.88. The predicted octanol–water partition coefficient (Wildman–Crippen LogP) is 1.10. The molecule has 106 valence electrons. The van der Waals surface area contributed by atoms with Gasteiger partial charge in [0.2, 0.25) is 0 Å². The van der Waals surface area contributed by atoms with Gasteiger partial charge in [0.05, 0.1) is 35.6 Å². The zero-order valence-electron chi connectivity index (χ0n) is 11.4. The highest BCUT2D eigenvalue weighted by Crippen LogP contribution is 2.24. The first-order valence-corrected chi connectivity index (χ1v) is 6.91. The van der Waals surface area contributed by atoms with Crippen molar-refractivity contribution in [2.24, 2.45) is 0 Å². The van der Waals surface area contributed by atoms with Crippen LogP contribution in [-0.2, 0) is 0 Å². The molecule has 6 heteroatoms. The fraction of sp³-hybridized carbons (Fsp3) is 0.500. The summed E-state index contributed by atoms with van der Waals surface area (Å²) < 4.78 is 1.63. The van der Waals surface area contributed by atoms with Crippen LogP contribution in [0.25, 0.3) is 5.52 Å². The van der Waals surface area contributed by atoms with Crippen LogP contribution < -0.4 is 0 Å². The summed E-state index contributed by atoms with van der Waals surface area (Å²) in [6, 6.07) is -0.108. The zero-order valence-corrected chi connectivity index (χ0v) is 11.4. The maximum atomic E-state index is 12.6. The summed E-state index contributed by atoms with van der Waals surface area (Å²) in [4.78, 5) is 18.3. The van der Waals surface area contributed by atoms with E-state index in [0.717, 1.165) is 25.7 Å². The Morgan fingerprint density at radius 1 is 1.40 bits per heavy atom. The van der Waals surface area contributed by atoms with Gasteiger partial charge in [0.25, 0.3) is 5.91 Å². The van der Waals surface area contributed by atoms with E-state index in [2.05, 4.69) is 10.1 Å². The molecule has 1 aliphatic carbocycles. The van der Waals surface area contributed by atoms with E-state index < -0.39 is 6.10 Å². The minimum atomic E-state index is -0.433. The Balaban J connectivity index is 1.88. The van der Waals surface area contributed by atoms with Gasteiger partial charge in [-0.1, -0.05) is 12.8 Å². The summed E-state index contributed by atoms with van der Waals surface area (Å²) in [5.41, 5.74) is 1.22. The van der Waals surface area contributed by atoms with E-state index in [1.165, 1.54) is 0 Å². The van der Waals surface area contributed by atoms with Crippen LogP contribution in [0.15, 0.2) is 24.8 Å². The van der Waals surface area contributed by atoms with Crippen LogP contribution in [-0.4, -0.2) is 49.7 Å². The molecule has 2 heterocycles. The van der Waals surface area contributed by atoms with E-state index in [1.807, 2.05) is 0 Å². The maximum Gasteiger partial charge on any atom is 0.257 e. The number of aliphatic hydroxyl groups excluding tert-OH is 1. The summed E-state index contributed by atoms with van der Waals surface area (Å²) in [5, 5.41) is 14.2. The average molecular weight is 274 g/mol. The third-order valence-electron chi connectivity index (χ3n) is 4.07. The molecule has 1 N–H and O–H groups in total. The second kappa shape index (κ2) is 5.20. The smallest absolute Gasteiger partial charge is 0.257 e. The molecule has 1 fully saturated rings. The molecule has 0 radical (unpaired) electrons. The molecule has 1 aliphatic rings. The van der Waals surface area contributed by atoms with Crippen molar-refractivity contribution in [3.8, 4) is 0 Å². The fourth-order valence-electron chi connectivity index (χ4n) is 2.88. The lowest BCUT2D eigenvalue weighted by atomic mass is 9.91. The standard InChI is InChI=1S/C14H18N4O2/c1-17(11-4-2-3-5-13(11)19)14(20)10-8-16-18-7-6-15-9-12(10)18/h6-9,11,13,19H,2-5H2,1H3. The number of rotatable bonds is 2. The molecule has 2 atom stereocenters. The summed E-state index contributed by atoms with van der Waals surface area (Å²) in [7, 11) is 1.75. The molecule has 2 unspecified atom stereocenters. The van der Waals surface area contributed by atoms with Crippen molar-refractivity contribution in [2.45, 2.75) is 37.8 Å². The van der Waals surface area contributed by atoms with Gasteiger partial charge in [-0.3, -0.25) is 9.78 Å². The van der Waals surface area contributed by atoms with Crippen molar-refractivity contribution in [2.75, 3.05) is 7.05 Å². The number of aromatic nitrogens is 3. The zero-order chi connectivity index (χ0) is 14.1. The van der Waals surface area contributed by atoms with Gasteiger partial charge in [-0.25, -0.2) is 4.52 Å². The first-order valence-electron chi connectivity index (χ1n) is 6.91. The molecule has 1 saturated carbocycles. The number of amides is 1. The molecular weight excluding hydrogens is 256 g/mol. The van der Waals surface area contributed by atoms with Crippen LogP contribution in [0.4, 0.5) is 0 Å². The van der Waals surface area contributed by atoms with Gasteiger partial charge in [0, 0.05) is 19.4 Å². The van der Waals surface area contributed by atoms with Crippen LogP contribution >= 0.6 is 0 Å². The minimum Gasteiger partial charge on any atom is -0.391 e. The van der Waals surface area contributed by atoms with Crippen molar-refractivity contribution in [3.05, 3.63) is 30.4 Å². The summed E-state index contributed by atoms with van der Waals surface area (Å²) in [6.45, 7) is 0. The molecule has 20 heavy (non-hydrogen) atoms. The van der Waals surface area contributed by atoms with Gasteiger partial charge in [0.1, 0.15) is 0 Å². The van der Waals surface area contributed by atoms with Gasteiger partial charge in [-0.05, 0) is 12.8 Å². The number of carbonyl (C=O) groups excluding carboxylic acids is 1. The molecule has 1 amide bonds. The number of fused-ring (bicyclic) bond motifs is 1. The molecule has 3 rings (SSSR count). The van der Waals surface area contributed by atoms with Crippen LogP contribution in [0.5, 0.6) is 0 Å². The van der Waals surface area contributed by atoms with Crippen LogP contribution in [0.3, 0.4) is 0 Å². The second-order valence-corrected chi connectivity index (χ2v) is 5.30. The van der Waals surface area contributed by atoms with E-state index >= 15 is 0 Å². The number of nitrogens with zero attached hydrogens (tertiary/aromatic N) is 4.